The fourth-order valence-electron chi connectivity index (χ4n) is 3.08. The molecule has 2 aliphatic heterocycles. The largest absolute Gasteiger partial charge is 0.444 e. The van der Waals surface area contributed by atoms with E-state index in [2.05, 4.69) is 10.6 Å². The lowest BCUT2D eigenvalue weighted by Gasteiger charge is -2.35. The van der Waals surface area contributed by atoms with Gasteiger partial charge in [-0.3, -0.25) is 0 Å². The summed E-state index contributed by atoms with van der Waals surface area (Å²) >= 11 is 0. The Balaban J connectivity index is 1.73. The zero-order valence-corrected chi connectivity index (χ0v) is 13.8. The number of carbonyl (C=O) groups excluding carboxylic acids is 1. The number of rotatable bonds is 3. The van der Waals surface area contributed by atoms with Crippen molar-refractivity contribution in [2.24, 2.45) is 5.92 Å². The van der Waals surface area contributed by atoms with Crippen molar-refractivity contribution in [3.63, 3.8) is 0 Å². The summed E-state index contributed by atoms with van der Waals surface area (Å²) in [6.45, 7) is 10.6. The summed E-state index contributed by atoms with van der Waals surface area (Å²) in [5, 5.41) is 7.09. The van der Waals surface area contributed by atoms with E-state index in [1.807, 2.05) is 25.7 Å². The molecule has 2 rings (SSSR count). The third-order valence-corrected chi connectivity index (χ3v) is 4.16. The van der Waals surface area contributed by atoms with Gasteiger partial charge in [-0.05, 0) is 65.5 Å². The maximum Gasteiger partial charge on any atom is 0.410 e. The lowest BCUT2D eigenvalue weighted by atomic mass is 9.97. The number of amides is 1. The number of hydrogen-bond acceptors (Lipinski definition) is 4. The first-order valence-corrected chi connectivity index (χ1v) is 8.36. The predicted octanol–water partition coefficient (Wildman–Crippen LogP) is 1.98. The van der Waals surface area contributed by atoms with Crippen molar-refractivity contribution in [2.45, 2.75) is 58.1 Å². The van der Waals surface area contributed by atoms with Gasteiger partial charge in [-0.2, -0.15) is 0 Å². The van der Waals surface area contributed by atoms with E-state index in [4.69, 9.17) is 4.74 Å². The monoisotopic (exact) mass is 297 g/mol. The first kappa shape index (κ1) is 16.6. The standard InChI is InChI=1S/C16H31N3O2/c1-16(2,3)21-15(20)19-9-5-6-13(12-19)10-18-14-7-4-8-17-11-14/h13-14,17-18H,4-12H2,1-3H3. The summed E-state index contributed by atoms with van der Waals surface area (Å²) < 4.78 is 5.48. The molecule has 2 fully saturated rings. The van der Waals surface area contributed by atoms with Gasteiger partial charge in [-0.15, -0.1) is 0 Å². The first-order chi connectivity index (χ1) is 9.94. The van der Waals surface area contributed by atoms with Crippen molar-refractivity contribution < 1.29 is 9.53 Å². The molecule has 2 unspecified atom stereocenters. The molecule has 5 heteroatoms. The van der Waals surface area contributed by atoms with Crippen LogP contribution in [0.2, 0.25) is 0 Å². The van der Waals surface area contributed by atoms with Crippen molar-refractivity contribution in [1.29, 1.82) is 0 Å². The van der Waals surface area contributed by atoms with Crippen LogP contribution in [0.1, 0.15) is 46.5 Å². The summed E-state index contributed by atoms with van der Waals surface area (Å²) in [5.41, 5.74) is -0.407. The van der Waals surface area contributed by atoms with E-state index in [0.29, 0.717) is 12.0 Å². The molecule has 0 spiro atoms. The second-order valence-electron chi connectivity index (χ2n) is 7.39. The number of hydrogen-bond donors (Lipinski definition) is 2. The highest BCUT2D eigenvalue weighted by Gasteiger charge is 2.27. The molecular weight excluding hydrogens is 266 g/mol. The number of carbonyl (C=O) groups is 1. The summed E-state index contributed by atoms with van der Waals surface area (Å²) in [6, 6.07) is 0.593. The van der Waals surface area contributed by atoms with Gasteiger partial charge in [0.2, 0.25) is 0 Å². The Labute approximate surface area is 128 Å². The third kappa shape index (κ3) is 5.83. The maximum atomic E-state index is 12.1. The fourth-order valence-corrected chi connectivity index (χ4v) is 3.08. The van der Waals surface area contributed by atoms with Crippen LogP contribution in [0, 0.1) is 5.92 Å². The topological polar surface area (TPSA) is 53.6 Å². The molecule has 122 valence electrons. The summed E-state index contributed by atoms with van der Waals surface area (Å²) in [6.07, 6.45) is 4.63. The zero-order chi connectivity index (χ0) is 15.3. The number of piperidine rings is 2. The summed E-state index contributed by atoms with van der Waals surface area (Å²) in [5.74, 6) is 0.549. The van der Waals surface area contributed by atoms with Crippen LogP contribution in [-0.2, 0) is 4.74 Å². The van der Waals surface area contributed by atoms with Gasteiger partial charge in [0.25, 0.3) is 0 Å². The number of nitrogens with one attached hydrogen (secondary N) is 2. The minimum absolute atomic E-state index is 0.161. The van der Waals surface area contributed by atoms with E-state index in [-0.39, 0.29) is 6.09 Å². The molecule has 0 bridgehead atoms. The fraction of sp³-hybridized carbons (Fsp3) is 0.938. The normalized spacial score (nSPS) is 27.5. The highest BCUT2D eigenvalue weighted by atomic mass is 16.6. The maximum absolute atomic E-state index is 12.1. The SMILES string of the molecule is CC(C)(C)OC(=O)N1CCCC(CNC2CCCNC2)C1. The van der Waals surface area contributed by atoms with Crippen LogP contribution in [0.5, 0.6) is 0 Å². The van der Waals surface area contributed by atoms with Gasteiger partial charge >= 0.3 is 6.09 Å². The molecule has 0 aliphatic carbocycles. The Kier molecular flexibility index (Phi) is 5.88. The van der Waals surface area contributed by atoms with Crippen LogP contribution in [0.15, 0.2) is 0 Å². The Hall–Kier alpha value is -0.810. The summed E-state index contributed by atoms with van der Waals surface area (Å²) in [7, 11) is 0. The van der Waals surface area contributed by atoms with Gasteiger partial charge in [0.15, 0.2) is 0 Å². The van der Waals surface area contributed by atoms with Gasteiger partial charge in [-0.1, -0.05) is 0 Å². The molecule has 2 heterocycles. The van der Waals surface area contributed by atoms with E-state index in [9.17, 15) is 4.79 Å². The Bertz CT molecular complexity index is 335. The van der Waals surface area contributed by atoms with Crippen molar-refractivity contribution in [3.05, 3.63) is 0 Å². The quantitative estimate of drug-likeness (QED) is 0.836. The first-order valence-electron chi connectivity index (χ1n) is 8.36. The average molecular weight is 297 g/mol. The molecule has 2 atom stereocenters. The van der Waals surface area contributed by atoms with Crippen LogP contribution in [-0.4, -0.2) is 55.4 Å². The van der Waals surface area contributed by atoms with Crippen molar-refractivity contribution in [3.8, 4) is 0 Å². The van der Waals surface area contributed by atoms with Crippen molar-refractivity contribution in [2.75, 3.05) is 32.7 Å². The van der Waals surface area contributed by atoms with Crippen LogP contribution < -0.4 is 10.6 Å². The van der Waals surface area contributed by atoms with Gasteiger partial charge in [0.1, 0.15) is 5.60 Å². The third-order valence-electron chi connectivity index (χ3n) is 4.16. The Morgan fingerprint density at radius 3 is 2.81 bits per heavy atom. The molecule has 2 N–H and O–H groups in total. The highest BCUT2D eigenvalue weighted by Crippen LogP contribution is 2.19. The predicted molar refractivity (Wildman–Crippen MR) is 84.4 cm³/mol. The molecule has 0 aromatic carbocycles. The molecular formula is C16H31N3O2. The molecule has 2 aliphatic rings. The van der Waals surface area contributed by atoms with Crippen molar-refractivity contribution in [1.82, 2.24) is 15.5 Å². The van der Waals surface area contributed by atoms with Gasteiger partial charge < -0.3 is 20.3 Å². The minimum atomic E-state index is -0.407. The highest BCUT2D eigenvalue weighted by molar-refractivity contribution is 5.68. The second-order valence-corrected chi connectivity index (χ2v) is 7.39. The molecule has 1 amide bonds. The molecule has 0 aromatic heterocycles. The molecule has 0 radical (unpaired) electrons. The van der Waals surface area contributed by atoms with E-state index in [1.54, 1.807) is 0 Å². The van der Waals surface area contributed by atoms with Gasteiger partial charge in [-0.25, -0.2) is 4.79 Å². The van der Waals surface area contributed by atoms with E-state index >= 15 is 0 Å². The van der Waals surface area contributed by atoms with E-state index in [1.165, 1.54) is 19.3 Å². The second kappa shape index (κ2) is 7.45. The Morgan fingerprint density at radius 2 is 2.14 bits per heavy atom. The van der Waals surface area contributed by atoms with Crippen LogP contribution in [0.3, 0.4) is 0 Å². The average Bonchev–Trinajstić information content (AvgIpc) is 2.45. The van der Waals surface area contributed by atoms with Gasteiger partial charge in [0, 0.05) is 25.7 Å². The molecule has 5 nitrogen and oxygen atoms in total. The van der Waals surface area contributed by atoms with E-state index in [0.717, 1.165) is 39.1 Å². The van der Waals surface area contributed by atoms with Crippen molar-refractivity contribution >= 4 is 6.09 Å². The van der Waals surface area contributed by atoms with Gasteiger partial charge in [0.05, 0.1) is 0 Å². The van der Waals surface area contributed by atoms with Crippen LogP contribution >= 0.6 is 0 Å². The number of likely N-dealkylation sites (tertiary alicyclic amines) is 1. The molecule has 0 saturated carbocycles. The Morgan fingerprint density at radius 1 is 1.33 bits per heavy atom. The zero-order valence-electron chi connectivity index (χ0n) is 13.8. The number of ether oxygens (including phenoxy) is 1. The minimum Gasteiger partial charge on any atom is -0.444 e. The molecule has 21 heavy (non-hydrogen) atoms. The van der Waals surface area contributed by atoms with E-state index < -0.39 is 5.60 Å². The van der Waals surface area contributed by atoms with Crippen LogP contribution in [0.25, 0.3) is 0 Å². The molecule has 2 saturated heterocycles. The molecule has 0 aromatic rings. The lowest BCUT2D eigenvalue weighted by molar-refractivity contribution is 0.0165. The smallest absolute Gasteiger partial charge is 0.410 e. The number of nitrogens with zero attached hydrogens (tertiary/aromatic N) is 1. The summed E-state index contributed by atoms with van der Waals surface area (Å²) in [4.78, 5) is 14.0. The lowest BCUT2D eigenvalue weighted by Crippen LogP contribution is -2.48. The van der Waals surface area contributed by atoms with Crippen LogP contribution in [0.4, 0.5) is 4.79 Å².